The van der Waals surface area contributed by atoms with Gasteiger partial charge in [-0.1, -0.05) is 23.2 Å². The van der Waals surface area contributed by atoms with Crippen LogP contribution in [0.4, 0.5) is 5.82 Å². The molecule has 0 saturated carbocycles. The highest BCUT2D eigenvalue weighted by Gasteiger charge is 2.18. The van der Waals surface area contributed by atoms with E-state index in [4.69, 9.17) is 23.2 Å². The zero-order valence-electron chi connectivity index (χ0n) is 13.5. The van der Waals surface area contributed by atoms with Gasteiger partial charge in [0.2, 0.25) is 0 Å². The van der Waals surface area contributed by atoms with Crippen LogP contribution in [0.5, 0.6) is 0 Å². The molecule has 7 heteroatoms. The molecular formula is C17H19Cl2N3O2. The molecule has 1 aromatic carbocycles. The summed E-state index contributed by atoms with van der Waals surface area (Å²) < 4.78 is 2.72. The molecule has 1 aliphatic rings. The lowest BCUT2D eigenvalue weighted by atomic mass is 10.1. The van der Waals surface area contributed by atoms with Crippen molar-refractivity contribution in [3.05, 3.63) is 60.7 Å². The van der Waals surface area contributed by atoms with Crippen LogP contribution in [-0.4, -0.2) is 22.2 Å². The van der Waals surface area contributed by atoms with E-state index in [-0.39, 0.29) is 17.8 Å². The second-order valence-corrected chi connectivity index (χ2v) is 6.90. The molecule has 5 nitrogen and oxygen atoms in total. The first-order valence-corrected chi connectivity index (χ1v) is 8.73. The first kappa shape index (κ1) is 17.1. The zero-order valence-corrected chi connectivity index (χ0v) is 15.0. The summed E-state index contributed by atoms with van der Waals surface area (Å²) in [5.74, 6) is 0.652. The molecule has 1 saturated heterocycles. The maximum atomic E-state index is 12.7. The van der Waals surface area contributed by atoms with Gasteiger partial charge in [-0.25, -0.2) is 4.79 Å². The molecule has 0 aliphatic carbocycles. The van der Waals surface area contributed by atoms with Crippen LogP contribution in [0, 0.1) is 0 Å². The Kier molecular flexibility index (Phi) is 5.01. The second-order valence-electron chi connectivity index (χ2n) is 6.05. The van der Waals surface area contributed by atoms with Gasteiger partial charge in [0.15, 0.2) is 0 Å². The van der Waals surface area contributed by atoms with E-state index in [0.29, 0.717) is 15.9 Å². The van der Waals surface area contributed by atoms with E-state index < -0.39 is 0 Å². The summed E-state index contributed by atoms with van der Waals surface area (Å²) in [4.78, 5) is 26.9. The highest BCUT2D eigenvalue weighted by Crippen LogP contribution is 2.23. The van der Waals surface area contributed by atoms with Gasteiger partial charge in [-0.2, -0.15) is 0 Å². The van der Waals surface area contributed by atoms with Crippen LogP contribution in [-0.2, 0) is 13.6 Å². The molecule has 1 aromatic heterocycles. The van der Waals surface area contributed by atoms with Crippen LogP contribution in [0.25, 0.3) is 0 Å². The summed E-state index contributed by atoms with van der Waals surface area (Å²) in [5, 5.41) is 1.11. The van der Waals surface area contributed by atoms with Crippen LogP contribution in [0.2, 0.25) is 10.0 Å². The Balaban J connectivity index is 2.11. The number of aromatic nitrogens is 2. The fourth-order valence-corrected chi connectivity index (χ4v) is 3.40. The van der Waals surface area contributed by atoms with Gasteiger partial charge < -0.3 is 4.90 Å². The molecule has 1 aliphatic heterocycles. The SMILES string of the molecule is Cn1c(=O)cc(N2CCCCC2)n(Cc2cc(Cl)ccc2Cl)c1=O. The first-order valence-electron chi connectivity index (χ1n) is 7.97. The minimum absolute atomic E-state index is 0.276. The van der Waals surface area contributed by atoms with Crippen LogP contribution < -0.4 is 16.1 Å². The van der Waals surface area contributed by atoms with E-state index >= 15 is 0 Å². The summed E-state index contributed by atoms with van der Waals surface area (Å²) in [6, 6.07) is 6.71. The Labute approximate surface area is 150 Å². The zero-order chi connectivity index (χ0) is 17.3. The van der Waals surface area contributed by atoms with Gasteiger partial charge in [-0.15, -0.1) is 0 Å². The number of anilines is 1. The van der Waals surface area contributed by atoms with Gasteiger partial charge in [-0.05, 0) is 43.0 Å². The van der Waals surface area contributed by atoms with Crippen molar-refractivity contribution in [2.45, 2.75) is 25.8 Å². The van der Waals surface area contributed by atoms with Crippen molar-refractivity contribution in [2.75, 3.05) is 18.0 Å². The van der Waals surface area contributed by atoms with Gasteiger partial charge in [-0.3, -0.25) is 13.9 Å². The second kappa shape index (κ2) is 7.03. The summed E-state index contributed by atoms with van der Waals surface area (Å²) in [6.07, 6.45) is 3.29. The summed E-state index contributed by atoms with van der Waals surface area (Å²) in [6.45, 7) is 1.96. The lowest BCUT2D eigenvalue weighted by Gasteiger charge is -2.31. The fraction of sp³-hybridized carbons (Fsp3) is 0.412. The molecule has 0 spiro atoms. The molecular weight excluding hydrogens is 349 g/mol. The Hall–Kier alpha value is -1.72. The van der Waals surface area contributed by atoms with Gasteiger partial charge in [0.25, 0.3) is 5.56 Å². The van der Waals surface area contributed by atoms with Crippen molar-refractivity contribution in [2.24, 2.45) is 7.05 Å². The van der Waals surface area contributed by atoms with E-state index in [1.807, 2.05) is 0 Å². The normalized spacial score (nSPS) is 14.9. The van der Waals surface area contributed by atoms with Gasteiger partial charge in [0, 0.05) is 36.2 Å². The lowest BCUT2D eigenvalue weighted by Crippen LogP contribution is -2.43. The van der Waals surface area contributed by atoms with Crippen molar-refractivity contribution < 1.29 is 0 Å². The highest BCUT2D eigenvalue weighted by atomic mass is 35.5. The van der Waals surface area contributed by atoms with Crippen LogP contribution in [0.15, 0.2) is 33.9 Å². The molecule has 3 rings (SSSR count). The molecule has 0 atom stereocenters. The third-order valence-corrected chi connectivity index (χ3v) is 5.00. The van der Waals surface area contributed by atoms with Crippen LogP contribution in [0.1, 0.15) is 24.8 Å². The molecule has 24 heavy (non-hydrogen) atoms. The molecule has 2 aromatic rings. The number of rotatable bonds is 3. The van der Waals surface area contributed by atoms with Gasteiger partial charge in [0.1, 0.15) is 5.82 Å². The fourth-order valence-electron chi connectivity index (χ4n) is 3.03. The van der Waals surface area contributed by atoms with Crippen molar-refractivity contribution >= 4 is 29.0 Å². The quantitative estimate of drug-likeness (QED) is 0.837. The predicted octanol–water partition coefficient (Wildman–Crippen LogP) is 2.89. The first-order chi connectivity index (χ1) is 11.5. The Morgan fingerprint density at radius 3 is 2.46 bits per heavy atom. The van der Waals surface area contributed by atoms with Gasteiger partial charge in [0.05, 0.1) is 6.54 Å². The molecule has 1 fully saturated rings. The molecule has 0 N–H and O–H groups in total. The maximum absolute atomic E-state index is 12.7. The van der Waals surface area contributed by atoms with Crippen LogP contribution in [0.3, 0.4) is 0 Å². The molecule has 0 amide bonds. The van der Waals surface area contributed by atoms with Gasteiger partial charge >= 0.3 is 5.69 Å². The number of hydrogen-bond donors (Lipinski definition) is 0. The average molecular weight is 368 g/mol. The molecule has 0 bridgehead atoms. The summed E-state index contributed by atoms with van der Waals surface area (Å²) in [5.41, 5.74) is 0.108. The van der Waals surface area contributed by atoms with Crippen molar-refractivity contribution in [1.82, 2.24) is 9.13 Å². The lowest BCUT2D eigenvalue weighted by molar-refractivity contribution is 0.548. The van der Waals surface area contributed by atoms with Crippen LogP contribution >= 0.6 is 23.2 Å². The largest absolute Gasteiger partial charge is 0.358 e. The molecule has 0 radical (unpaired) electrons. The Morgan fingerprint density at radius 1 is 1.04 bits per heavy atom. The maximum Gasteiger partial charge on any atom is 0.332 e. The third-order valence-electron chi connectivity index (χ3n) is 4.39. The molecule has 2 heterocycles. The average Bonchev–Trinajstić information content (AvgIpc) is 2.59. The topological polar surface area (TPSA) is 47.2 Å². The van der Waals surface area contributed by atoms with Crippen molar-refractivity contribution in [3.63, 3.8) is 0 Å². The monoisotopic (exact) mass is 367 g/mol. The Morgan fingerprint density at radius 2 is 1.75 bits per heavy atom. The third kappa shape index (κ3) is 3.37. The van der Waals surface area contributed by atoms with E-state index in [9.17, 15) is 9.59 Å². The number of hydrogen-bond acceptors (Lipinski definition) is 3. The predicted molar refractivity (Wildman–Crippen MR) is 97.6 cm³/mol. The minimum atomic E-state index is -0.348. The van der Waals surface area contributed by atoms with E-state index in [1.54, 1.807) is 22.8 Å². The van der Waals surface area contributed by atoms with Crippen molar-refractivity contribution in [1.29, 1.82) is 0 Å². The summed E-state index contributed by atoms with van der Waals surface area (Å²) in [7, 11) is 1.49. The number of piperidine rings is 1. The highest BCUT2D eigenvalue weighted by molar-refractivity contribution is 6.33. The number of nitrogens with zero attached hydrogens (tertiary/aromatic N) is 3. The van der Waals surface area contributed by atoms with E-state index in [2.05, 4.69) is 4.90 Å². The minimum Gasteiger partial charge on any atom is -0.358 e. The number of benzene rings is 1. The molecule has 0 unspecified atom stereocenters. The Bertz CT molecular complexity index is 867. The smallest absolute Gasteiger partial charge is 0.332 e. The standard InChI is InChI=1S/C17H19Cl2N3O2/c1-20-16(23)10-15(21-7-3-2-4-8-21)22(17(20)24)11-12-9-13(18)5-6-14(12)19/h5-6,9-10H,2-4,7-8,11H2,1H3. The van der Waals surface area contributed by atoms with E-state index in [0.717, 1.165) is 36.1 Å². The molecule has 128 valence electrons. The number of halogens is 2. The summed E-state index contributed by atoms with van der Waals surface area (Å²) >= 11 is 12.3. The van der Waals surface area contributed by atoms with E-state index in [1.165, 1.54) is 19.5 Å². The van der Waals surface area contributed by atoms with Crippen molar-refractivity contribution in [3.8, 4) is 0 Å².